The number of hydrogen-bond acceptors (Lipinski definition) is 4. The first-order chi connectivity index (χ1) is 9.85. The monoisotopic (exact) mass is 287 g/mol. The van der Waals surface area contributed by atoms with Crippen molar-refractivity contribution in [3.05, 3.63) is 46.2 Å². The third-order valence-corrected chi connectivity index (χ3v) is 4.84. The molecule has 0 bridgehead atoms. The van der Waals surface area contributed by atoms with E-state index in [9.17, 15) is 0 Å². The summed E-state index contributed by atoms with van der Waals surface area (Å²) in [5.41, 5.74) is 2.36. The number of rotatable bonds is 7. The van der Waals surface area contributed by atoms with Gasteiger partial charge in [0.1, 0.15) is 0 Å². The molecule has 1 N–H and O–H groups in total. The summed E-state index contributed by atoms with van der Waals surface area (Å²) in [5.74, 6) is 0.821. The number of pyridine rings is 1. The lowest BCUT2D eigenvalue weighted by molar-refractivity contribution is 0.452. The van der Waals surface area contributed by atoms with Crippen LogP contribution in [0.2, 0.25) is 0 Å². The molecule has 0 aliphatic heterocycles. The van der Waals surface area contributed by atoms with Crippen molar-refractivity contribution in [3.8, 4) is 0 Å². The standard InChI is InChI=1S/C16H21N3S/c1-2-16-19-14(11-20-16)10-18-15(12-6-7-12)9-13-5-3-4-8-17-13/h3-5,8,11-12,15,18H,2,6-7,9-10H2,1H3. The summed E-state index contributed by atoms with van der Waals surface area (Å²) in [6.45, 7) is 3.04. The van der Waals surface area contributed by atoms with Crippen molar-refractivity contribution in [1.82, 2.24) is 15.3 Å². The Kier molecular flexibility index (Phi) is 4.43. The maximum absolute atomic E-state index is 4.63. The molecule has 3 nitrogen and oxygen atoms in total. The van der Waals surface area contributed by atoms with E-state index in [0.717, 1.165) is 25.3 Å². The fourth-order valence-corrected chi connectivity index (χ4v) is 3.22. The third kappa shape index (κ3) is 3.64. The van der Waals surface area contributed by atoms with Crippen LogP contribution in [0.1, 0.15) is 36.2 Å². The van der Waals surface area contributed by atoms with E-state index in [2.05, 4.69) is 39.7 Å². The summed E-state index contributed by atoms with van der Waals surface area (Å²) in [4.78, 5) is 9.08. The summed E-state index contributed by atoms with van der Waals surface area (Å²) >= 11 is 1.77. The molecular formula is C16H21N3S. The Bertz CT molecular complexity index is 534. The molecule has 0 spiro atoms. The predicted octanol–water partition coefficient (Wildman–Crippen LogP) is 3.21. The second kappa shape index (κ2) is 6.46. The number of nitrogens with one attached hydrogen (secondary N) is 1. The topological polar surface area (TPSA) is 37.8 Å². The molecule has 2 aromatic rings. The van der Waals surface area contributed by atoms with Crippen molar-refractivity contribution in [2.45, 2.75) is 45.2 Å². The van der Waals surface area contributed by atoms with Crippen molar-refractivity contribution in [2.75, 3.05) is 0 Å². The molecule has 1 aliphatic rings. The molecule has 1 aliphatic carbocycles. The lowest BCUT2D eigenvalue weighted by atomic mass is 10.1. The Hall–Kier alpha value is -1.26. The van der Waals surface area contributed by atoms with E-state index in [-0.39, 0.29) is 0 Å². The summed E-state index contributed by atoms with van der Waals surface area (Å²) < 4.78 is 0. The van der Waals surface area contributed by atoms with Crippen LogP contribution in [0.15, 0.2) is 29.8 Å². The Labute approximate surface area is 124 Å². The molecule has 20 heavy (non-hydrogen) atoms. The van der Waals surface area contributed by atoms with Gasteiger partial charge in [0.25, 0.3) is 0 Å². The third-order valence-electron chi connectivity index (χ3n) is 3.79. The average Bonchev–Trinajstić information content (AvgIpc) is 3.23. The van der Waals surface area contributed by atoms with E-state index >= 15 is 0 Å². The molecule has 3 rings (SSSR count). The molecule has 2 heterocycles. The molecule has 1 fully saturated rings. The molecule has 0 amide bonds. The Balaban J connectivity index is 1.57. The normalized spacial score (nSPS) is 16.2. The van der Waals surface area contributed by atoms with Crippen LogP contribution in [0.4, 0.5) is 0 Å². The highest BCUT2D eigenvalue weighted by Gasteiger charge is 2.31. The second-order valence-electron chi connectivity index (χ2n) is 5.44. The molecule has 1 atom stereocenters. The number of thiazole rings is 1. The van der Waals surface area contributed by atoms with E-state index in [1.54, 1.807) is 11.3 Å². The van der Waals surface area contributed by atoms with Crippen LogP contribution in [0.25, 0.3) is 0 Å². The number of nitrogens with zero attached hydrogens (tertiary/aromatic N) is 2. The van der Waals surface area contributed by atoms with E-state index in [0.29, 0.717) is 6.04 Å². The van der Waals surface area contributed by atoms with Crippen molar-refractivity contribution in [1.29, 1.82) is 0 Å². The highest BCUT2D eigenvalue weighted by Crippen LogP contribution is 2.34. The van der Waals surface area contributed by atoms with E-state index in [4.69, 9.17) is 0 Å². The molecule has 1 unspecified atom stereocenters. The molecule has 0 saturated heterocycles. The number of hydrogen-bond donors (Lipinski definition) is 1. The van der Waals surface area contributed by atoms with Crippen molar-refractivity contribution in [2.24, 2.45) is 5.92 Å². The molecule has 106 valence electrons. The Morgan fingerprint density at radius 3 is 2.90 bits per heavy atom. The van der Waals surface area contributed by atoms with Crippen molar-refractivity contribution < 1.29 is 0 Å². The van der Waals surface area contributed by atoms with Gasteiger partial charge in [0.2, 0.25) is 0 Å². The highest BCUT2D eigenvalue weighted by atomic mass is 32.1. The van der Waals surface area contributed by atoms with Crippen LogP contribution in [-0.2, 0) is 19.4 Å². The Morgan fingerprint density at radius 2 is 2.25 bits per heavy atom. The minimum atomic E-state index is 0.539. The van der Waals surface area contributed by atoms with Gasteiger partial charge in [-0.2, -0.15) is 0 Å². The van der Waals surface area contributed by atoms with Crippen LogP contribution in [0, 0.1) is 5.92 Å². The average molecular weight is 287 g/mol. The van der Waals surface area contributed by atoms with Crippen LogP contribution >= 0.6 is 11.3 Å². The lowest BCUT2D eigenvalue weighted by Gasteiger charge is -2.17. The molecule has 0 radical (unpaired) electrons. The van der Waals surface area contributed by atoms with Gasteiger partial charge in [-0.3, -0.25) is 4.98 Å². The van der Waals surface area contributed by atoms with E-state index in [1.807, 2.05) is 12.3 Å². The van der Waals surface area contributed by atoms with Gasteiger partial charge in [-0.15, -0.1) is 11.3 Å². The fourth-order valence-electron chi connectivity index (χ4n) is 2.48. The SMILES string of the molecule is CCc1nc(CNC(Cc2ccccn2)C2CC2)cs1. The zero-order valence-corrected chi connectivity index (χ0v) is 12.7. The molecule has 2 aromatic heterocycles. The summed E-state index contributed by atoms with van der Waals surface area (Å²) in [6.07, 6.45) is 6.64. The predicted molar refractivity (Wildman–Crippen MR) is 82.8 cm³/mol. The zero-order chi connectivity index (χ0) is 13.8. The van der Waals surface area contributed by atoms with Crippen LogP contribution in [-0.4, -0.2) is 16.0 Å². The maximum Gasteiger partial charge on any atom is 0.0926 e. The van der Waals surface area contributed by atoms with Gasteiger partial charge >= 0.3 is 0 Å². The maximum atomic E-state index is 4.63. The van der Waals surface area contributed by atoms with Crippen LogP contribution < -0.4 is 5.32 Å². The van der Waals surface area contributed by atoms with E-state index in [1.165, 1.54) is 29.2 Å². The summed E-state index contributed by atoms with van der Waals surface area (Å²) in [7, 11) is 0. The smallest absolute Gasteiger partial charge is 0.0926 e. The molecular weight excluding hydrogens is 266 g/mol. The summed E-state index contributed by atoms with van der Waals surface area (Å²) in [6, 6.07) is 6.71. The Morgan fingerprint density at radius 1 is 1.35 bits per heavy atom. The first kappa shape index (κ1) is 13.7. The molecule has 4 heteroatoms. The van der Waals surface area contributed by atoms with Crippen molar-refractivity contribution >= 4 is 11.3 Å². The van der Waals surface area contributed by atoms with Crippen LogP contribution in [0.3, 0.4) is 0 Å². The second-order valence-corrected chi connectivity index (χ2v) is 6.38. The molecule has 1 saturated carbocycles. The van der Waals surface area contributed by atoms with Gasteiger partial charge in [-0.1, -0.05) is 13.0 Å². The first-order valence-electron chi connectivity index (χ1n) is 7.41. The molecule has 0 aromatic carbocycles. The minimum absolute atomic E-state index is 0.539. The summed E-state index contributed by atoms with van der Waals surface area (Å²) in [5, 5.41) is 7.10. The number of aryl methyl sites for hydroxylation is 1. The van der Waals surface area contributed by atoms with Gasteiger partial charge in [0, 0.05) is 36.3 Å². The van der Waals surface area contributed by atoms with Gasteiger partial charge in [0.05, 0.1) is 10.7 Å². The first-order valence-corrected chi connectivity index (χ1v) is 8.29. The van der Waals surface area contributed by atoms with Gasteiger partial charge in [-0.25, -0.2) is 4.98 Å². The minimum Gasteiger partial charge on any atom is -0.308 e. The van der Waals surface area contributed by atoms with Gasteiger partial charge < -0.3 is 5.32 Å². The zero-order valence-electron chi connectivity index (χ0n) is 11.9. The quantitative estimate of drug-likeness (QED) is 0.849. The fraction of sp³-hybridized carbons (Fsp3) is 0.500. The highest BCUT2D eigenvalue weighted by molar-refractivity contribution is 7.09. The van der Waals surface area contributed by atoms with Crippen molar-refractivity contribution in [3.63, 3.8) is 0 Å². The van der Waals surface area contributed by atoms with Crippen LogP contribution in [0.5, 0.6) is 0 Å². The van der Waals surface area contributed by atoms with Gasteiger partial charge in [0.15, 0.2) is 0 Å². The lowest BCUT2D eigenvalue weighted by Crippen LogP contribution is -2.33. The number of aromatic nitrogens is 2. The largest absolute Gasteiger partial charge is 0.308 e. The van der Waals surface area contributed by atoms with E-state index < -0.39 is 0 Å². The van der Waals surface area contributed by atoms with Gasteiger partial charge in [-0.05, 0) is 37.3 Å².